The van der Waals surface area contributed by atoms with E-state index in [2.05, 4.69) is 18.0 Å². The van der Waals surface area contributed by atoms with Crippen LogP contribution in [0.4, 0.5) is 5.69 Å². The molecule has 2 aromatic carbocycles. The number of benzene rings is 2. The minimum Gasteiger partial charge on any atom is -0.504 e. The molecule has 0 fully saturated rings. The van der Waals surface area contributed by atoms with Gasteiger partial charge < -0.3 is 20.5 Å². The molecule has 0 spiro atoms. The Kier molecular flexibility index (Phi) is 3.47. The number of hydrogen-bond donors (Lipinski definition) is 2. The molecule has 4 nitrogen and oxygen atoms in total. The van der Waals surface area contributed by atoms with Crippen LogP contribution in [0.5, 0.6) is 11.5 Å². The molecule has 0 aromatic heterocycles. The zero-order chi connectivity index (χ0) is 15.0. The summed E-state index contributed by atoms with van der Waals surface area (Å²) in [5.41, 5.74) is 10.5. The van der Waals surface area contributed by atoms with Gasteiger partial charge in [-0.15, -0.1) is 0 Å². The van der Waals surface area contributed by atoms with Crippen molar-refractivity contribution in [2.45, 2.75) is 12.5 Å². The van der Waals surface area contributed by atoms with Crippen molar-refractivity contribution >= 4 is 5.69 Å². The summed E-state index contributed by atoms with van der Waals surface area (Å²) in [6, 6.07) is 11.7. The molecule has 1 heterocycles. The quantitative estimate of drug-likeness (QED) is 0.832. The SMILES string of the molecule is COc1ccc(C2CN(C)Cc3c(N)cccc32)cc1O. The fraction of sp³-hybridized carbons (Fsp3) is 0.294. The van der Waals surface area contributed by atoms with Crippen LogP contribution >= 0.6 is 0 Å². The fourth-order valence-corrected chi connectivity index (χ4v) is 3.09. The van der Waals surface area contributed by atoms with E-state index in [-0.39, 0.29) is 11.7 Å². The molecule has 3 N–H and O–H groups in total. The van der Waals surface area contributed by atoms with E-state index in [1.54, 1.807) is 13.2 Å². The number of nitrogens with two attached hydrogens (primary N) is 1. The Labute approximate surface area is 124 Å². The Bertz CT molecular complexity index is 670. The standard InChI is InChI=1S/C17H20N2O2/c1-19-9-13(11-6-7-17(21-2)16(20)8-11)12-4-3-5-15(18)14(12)10-19/h3-8,13,20H,9-10,18H2,1-2H3. The highest BCUT2D eigenvalue weighted by Crippen LogP contribution is 2.38. The van der Waals surface area contributed by atoms with Crippen LogP contribution in [0.25, 0.3) is 0 Å². The number of likely N-dealkylation sites (N-methyl/N-ethyl adjacent to an activating group) is 1. The van der Waals surface area contributed by atoms with E-state index < -0.39 is 0 Å². The van der Waals surface area contributed by atoms with Crippen molar-refractivity contribution in [2.24, 2.45) is 0 Å². The lowest BCUT2D eigenvalue weighted by Gasteiger charge is -2.33. The summed E-state index contributed by atoms with van der Waals surface area (Å²) in [5.74, 6) is 0.878. The molecule has 0 saturated carbocycles. The highest BCUT2D eigenvalue weighted by atomic mass is 16.5. The minimum atomic E-state index is 0.175. The lowest BCUT2D eigenvalue weighted by Crippen LogP contribution is -2.31. The second-order valence-electron chi connectivity index (χ2n) is 5.60. The van der Waals surface area contributed by atoms with E-state index in [0.717, 1.165) is 24.3 Å². The first-order valence-corrected chi connectivity index (χ1v) is 7.03. The van der Waals surface area contributed by atoms with Crippen molar-refractivity contribution in [2.75, 3.05) is 26.4 Å². The number of anilines is 1. The first-order chi connectivity index (χ1) is 10.1. The Morgan fingerprint density at radius 3 is 2.81 bits per heavy atom. The molecule has 1 aliphatic rings. The molecule has 0 saturated heterocycles. The third-order valence-corrected chi connectivity index (χ3v) is 4.15. The molecule has 4 heteroatoms. The van der Waals surface area contributed by atoms with Gasteiger partial charge in [0.05, 0.1) is 7.11 Å². The lowest BCUT2D eigenvalue weighted by molar-refractivity contribution is 0.295. The van der Waals surface area contributed by atoms with Crippen molar-refractivity contribution in [3.8, 4) is 11.5 Å². The van der Waals surface area contributed by atoms with Crippen LogP contribution in [0.2, 0.25) is 0 Å². The zero-order valence-corrected chi connectivity index (χ0v) is 12.3. The third kappa shape index (κ3) is 2.43. The maximum atomic E-state index is 10.0. The van der Waals surface area contributed by atoms with Crippen molar-refractivity contribution in [1.29, 1.82) is 0 Å². The van der Waals surface area contributed by atoms with Gasteiger partial charge in [-0.05, 0) is 41.9 Å². The fourth-order valence-electron chi connectivity index (χ4n) is 3.09. The average molecular weight is 284 g/mol. The van der Waals surface area contributed by atoms with Crippen LogP contribution in [0.1, 0.15) is 22.6 Å². The van der Waals surface area contributed by atoms with Crippen LogP contribution in [-0.2, 0) is 6.54 Å². The van der Waals surface area contributed by atoms with Gasteiger partial charge in [0.25, 0.3) is 0 Å². The van der Waals surface area contributed by atoms with E-state index in [1.807, 2.05) is 24.3 Å². The number of ether oxygens (including phenoxy) is 1. The summed E-state index contributed by atoms with van der Waals surface area (Å²) in [7, 11) is 3.64. The molecular formula is C17H20N2O2. The van der Waals surface area contributed by atoms with Crippen LogP contribution < -0.4 is 10.5 Å². The minimum absolute atomic E-state index is 0.175. The van der Waals surface area contributed by atoms with Crippen LogP contribution in [0, 0.1) is 0 Å². The first kappa shape index (κ1) is 13.8. The van der Waals surface area contributed by atoms with E-state index in [9.17, 15) is 5.11 Å². The molecule has 1 atom stereocenters. The Balaban J connectivity index is 2.07. The molecule has 0 aliphatic carbocycles. The number of aromatic hydroxyl groups is 1. The van der Waals surface area contributed by atoms with Crippen LogP contribution in [0.3, 0.4) is 0 Å². The first-order valence-electron chi connectivity index (χ1n) is 7.03. The summed E-state index contributed by atoms with van der Waals surface area (Å²) in [4.78, 5) is 2.25. The summed E-state index contributed by atoms with van der Waals surface area (Å²) in [6.45, 7) is 1.77. The maximum Gasteiger partial charge on any atom is 0.160 e. The highest BCUT2D eigenvalue weighted by molar-refractivity contribution is 5.56. The second kappa shape index (κ2) is 5.30. The number of hydrogen-bond acceptors (Lipinski definition) is 4. The summed E-state index contributed by atoms with van der Waals surface area (Å²) in [5, 5.41) is 10.0. The predicted molar refractivity (Wildman–Crippen MR) is 83.7 cm³/mol. The van der Waals surface area contributed by atoms with E-state index in [0.29, 0.717) is 5.75 Å². The average Bonchev–Trinajstić information content (AvgIpc) is 2.47. The van der Waals surface area contributed by atoms with Gasteiger partial charge in [-0.1, -0.05) is 18.2 Å². The number of phenols is 1. The van der Waals surface area contributed by atoms with E-state index in [4.69, 9.17) is 10.5 Å². The number of fused-ring (bicyclic) bond motifs is 1. The molecule has 0 amide bonds. The molecule has 2 aromatic rings. The van der Waals surface area contributed by atoms with Gasteiger partial charge in [0.2, 0.25) is 0 Å². The molecule has 0 radical (unpaired) electrons. The van der Waals surface area contributed by atoms with Gasteiger partial charge >= 0.3 is 0 Å². The topological polar surface area (TPSA) is 58.7 Å². The maximum absolute atomic E-state index is 10.0. The molecule has 1 unspecified atom stereocenters. The Morgan fingerprint density at radius 2 is 2.10 bits per heavy atom. The zero-order valence-electron chi connectivity index (χ0n) is 12.3. The van der Waals surface area contributed by atoms with Gasteiger partial charge in [0, 0.05) is 24.7 Å². The largest absolute Gasteiger partial charge is 0.504 e. The second-order valence-corrected chi connectivity index (χ2v) is 5.60. The normalized spacial score (nSPS) is 18.3. The smallest absolute Gasteiger partial charge is 0.160 e. The van der Waals surface area contributed by atoms with Gasteiger partial charge in [-0.2, -0.15) is 0 Å². The summed E-state index contributed by atoms with van der Waals surface area (Å²) < 4.78 is 5.12. The van der Waals surface area contributed by atoms with Gasteiger partial charge in [0.15, 0.2) is 11.5 Å². The number of nitrogens with zero attached hydrogens (tertiary/aromatic N) is 1. The number of methoxy groups -OCH3 is 1. The lowest BCUT2D eigenvalue weighted by atomic mass is 9.84. The van der Waals surface area contributed by atoms with Crippen LogP contribution in [0.15, 0.2) is 36.4 Å². The van der Waals surface area contributed by atoms with Gasteiger partial charge in [0.1, 0.15) is 0 Å². The van der Waals surface area contributed by atoms with E-state index >= 15 is 0 Å². The number of phenolic OH excluding ortho intramolecular Hbond substituents is 1. The van der Waals surface area contributed by atoms with Crippen molar-refractivity contribution in [3.05, 3.63) is 53.1 Å². The van der Waals surface area contributed by atoms with Crippen molar-refractivity contribution < 1.29 is 9.84 Å². The molecular weight excluding hydrogens is 264 g/mol. The van der Waals surface area contributed by atoms with Crippen LogP contribution in [-0.4, -0.2) is 30.7 Å². The highest BCUT2D eigenvalue weighted by Gasteiger charge is 2.26. The molecule has 3 rings (SSSR count). The number of rotatable bonds is 2. The van der Waals surface area contributed by atoms with E-state index in [1.165, 1.54) is 11.1 Å². The van der Waals surface area contributed by atoms with Crippen molar-refractivity contribution in [3.63, 3.8) is 0 Å². The van der Waals surface area contributed by atoms with Gasteiger partial charge in [-0.3, -0.25) is 0 Å². The monoisotopic (exact) mass is 284 g/mol. The number of nitrogen functional groups attached to an aromatic ring is 1. The molecule has 0 bridgehead atoms. The summed E-state index contributed by atoms with van der Waals surface area (Å²) >= 11 is 0. The van der Waals surface area contributed by atoms with Gasteiger partial charge in [-0.25, -0.2) is 0 Å². The molecule has 110 valence electrons. The predicted octanol–water partition coefficient (Wildman–Crippen LogP) is 2.56. The Morgan fingerprint density at radius 1 is 1.29 bits per heavy atom. The summed E-state index contributed by atoms with van der Waals surface area (Å²) in [6.07, 6.45) is 0. The molecule has 21 heavy (non-hydrogen) atoms. The third-order valence-electron chi connectivity index (χ3n) is 4.15. The molecule has 1 aliphatic heterocycles. The Hall–Kier alpha value is -2.20. The van der Waals surface area contributed by atoms with Crippen molar-refractivity contribution in [1.82, 2.24) is 4.90 Å².